The van der Waals surface area contributed by atoms with Crippen LogP contribution in [0.3, 0.4) is 0 Å². The zero-order valence-electron chi connectivity index (χ0n) is 41.4. The average Bonchev–Trinajstić information content (AvgIpc) is 3.22. The van der Waals surface area contributed by atoms with Crippen molar-refractivity contribution in [1.82, 2.24) is 5.32 Å². The minimum atomic E-state index is -4.44. The van der Waals surface area contributed by atoms with E-state index in [2.05, 4.69) is 50.4 Å². The van der Waals surface area contributed by atoms with Crippen LogP contribution in [0.2, 0.25) is 0 Å². The molecule has 0 spiro atoms. The molecule has 3 unspecified atom stereocenters. The first-order chi connectivity index (χ1) is 29.9. The predicted molar refractivity (Wildman–Crippen MR) is 263 cm³/mol. The lowest BCUT2D eigenvalue weighted by atomic mass is 10.0. The van der Waals surface area contributed by atoms with Crippen molar-refractivity contribution >= 4 is 19.7 Å². The lowest BCUT2D eigenvalue weighted by molar-refractivity contribution is -0.870. The van der Waals surface area contributed by atoms with Crippen molar-refractivity contribution in [2.24, 2.45) is 0 Å². The van der Waals surface area contributed by atoms with Gasteiger partial charge in [-0.3, -0.25) is 18.6 Å². The molecule has 0 aliphatic carbocycles. The number of hydrogen-bond acceptors (Lipinski definition) is 6. The Morgan fingerprint density at radius 3 is 1.44 bits per heavy atom. The molecule has 62 heavy (non-hydrogen) atoms. The Bertz CT molecular complexity index is 1170. The number of phosphoric ester groups is 1. The van der Waals surface area contributed by atoms with E-state index in [0.29, 0.717) is 17.4 Å². The maximum absolute atomic E-state index is 13.4. The van der Waals surface area contributed by atoms with Crippen LogP contribution in [0, 0.1) is 0 Å². The fourth-order valence-corrected chi connectivity index (χ4v) is 7.94. The molecule has 0 radical (unpaired) electrons. The molecule has 9 nitrogen and oxygen atoms in total. The summed E-state index contributed by atoms with van der Waals surface area (Å²) in [6, 6.07) is -0.854. The molecule has 0 fully saturated rings. The molecular formula is C52H100N2O7P+. The lowest BCUT2D eigenvalue weighted by Crippen LogP contribution is -2.47. The van der Waals surface area contributed by atoms with Crippen molar-refractivity contribution < 1.29 is 37.3 Å². The van der Waals surface area contributed by atoms with Crippen LogP contribution in [0.1, 0.15) is 233 Å². The summed E-state index contributed by atoms with van der Waals surface area (Å²) in [5.41, 5.74) is 0. The molecule has 0 bridgehead atoms. The second-order valence-electron chi connectivity index (χ2n) is 18.7. The Morgan fingerprint density at radius 1 is 0.548 bits per heavy atom. The monoisotopic (exact) mass is 896 g/mol. The number of unbranched alkanes of at least 4 members (excludes halogenated alkanes) is 26. The SMILES string of the molecule is CCCC/C=C\CCCCCCCC(=O)OC(/C=C/CCCCCCCCCCCC)C(COP(=O)(O)OCC[N+](C)(C)C)NC(=O)CCCCC/C=C\CCCCCCCC. The quantitative estimate of drug-likeness (QED) is 0.0206. The summed E-state index contributed by atoms with van der Waals surface area (Å²) >= 11 is 0. The van der Waals surface area contributed by atoms with E-state index >= 15 is 0 Å². The molecule has 0 aliphatic rings. The zero-order chi connectivity index (χ0) is 45.8. The van der Waals surface area contributed by atoms with Gasteiger partial charge in [-0.15, -0.1) is 0 Å². The first-order valence-corrected chi connectivity index (χ1v) is 27.3. The van der Waals surface area contributed by atoms with Gasteiger partial charge in [0.25, 0.3) is 0 Å². The maximum Gasteiger partial charge on any atom is 0.472 e. The fourth-order valence-electron chi connectivity index (χ4n) is 7.21. The van der Waals surface area contributed by atoms with Gasteiger partial charge in [-0.05, 0) is 76.7 Å². The molecule has 3 atom stereocenters. The summed E-state index contributed by atoms with van der Waals surface area (Å²) in [6.07, 6.45) is 48.5. The highest BCUT2D eigenvalue weighted by Crippen LogP contribution is 2.43. The first kappa shape index (κ1) is 60.2. The molecule has 0 saturated carbocycles. The number of carbonyl (C=O) groups excluding carboxylic acids is 2. The molecule has 0 rings (SSSR count). The summed E-state index contributed by atoms with van der Waals surface area (Å²) in [4.78, 5) is 37.3. The summed E-state index contributed by atoms with van der Waals surface area (Å²) in [5.74, 6) is -0.534. The molecule has 0 saturated heterocycles. The van der Waals surface area contributed by atoms with Crippen molar-refractivity contribution in [3.8, 4) is 0 Å². The topological polar surface area (TPSA) is 111 Å². The van der Waals surface area contributed by atoms with E-state index in [9.17, 15) is 19.0 Å². The number of esters is 1. The minimum Gasteiger partial charge on any atom is -0.456 e. The first-order valence-electron chi connectivity index (χ1n) is 25.8. The third-order valence-corrected chi connectivity index (χ3v) is 12.3. The summed E-state index contributed by atoms with van der Waals surface area (Å²) in [6.45, 7) is 6.93. The molecule has 10 heteroatoms. The number of amides is 1. The van der Waals surface area contributed by atoms with Gasteiger partial charge >= 0.3 is 13.8 Å². The summed E-state index contributed by atoms with van der Waals surface area (Å²) in [7, 11) is 1.48. The third-order valence-electron chi connectivity index (χ3n) is 11.3. The number of ether oxygens (including phenoxy) is 1. The van der Waals surface area contributed by atoms with Crippen LogP contribution in [-0.2, 0) is 27.9 Å². The van der Waals surface area contributed by atoms with Gasteiger partial charge in [0.15, 0.2) is 0 Å². The molecule has 0 aliphatic heterocycles. The van der Waals surface area contributed by atoms with Crippen LogP contribution in [0.15, 0.2) is 36.5 Å². The standard InChI is InChI=1S/C52H99N2O7P/c1-7-10-13-16-19-22-25-27-30-32-35-38-41-44-51(55)53-49(48-60-62(57,58)59-47-46-54(4,5)6)50(43-40-37-34-31-29-26-23-20-17-14-11-8-2)61-52(56)45-42-39-36-33-28-24-21-18-15-12-9-3/h18,21,27,30,40,43,49-50H,7-17,19-20,22-26,28-29,31-39,41-42,44-48H2,1-6H3,(H-,53,55,57,58)/p+1/b21-18-,30-27-,43-40+. The van der Waals surface area contributed by atoms with Gasteiger partial charge in [0, 0.05) is 12.8 Å². The predicted octanol–water partition coefficient (Wildman–Crippen LogP) is 14.8. The number of rotatable bonds is 46. The van der Waals surface area contributed by atoms with Gasteiger partial charge in [0.1, 0.15) is 19.3 Å². The van der Waals surface area contributed by atoms with Crippen LogP contribution in [0.5, 0.6) is 0 Å². The Labute approximate surface area is 383 Å². The zero-order valence-corrected chi connectivity index (χ0v) is 42.3. The van der Waals surface area contributed by atoms with Gasteiger partial charge in [-0.2, -0.15) is 0 Å². The van der Waals surface area contributed by atoms with E-state index in [-0.39, 0.29) is 31.5 Å². The largest absolute Gasteiger partial charge is 0.472 e. The van der Waals surface area contributed by atoms with Crippen molar-refractivity contribution in [1.29, 1.82) is 0 Å². The van der Waals surface area contributed by atoms with E-state index in [1.807, 2.05) is 33.3 Å². The van der Waals surface area contributed by atoms with Crippen molar-refractivity contribution in [3.63, 3.8) is 0 Å². The van der Waals surface area contributed by atoms with Crippen molar-refractivity contribution in [3.05, 3.63) is 36.5 Å². The van der Waals surface area contributed by atoms with Crippen molar-refractivity contribution in [2.75, 3.05) is 40.9 Å². The summed E-state index contributed by atoms with van der Waals surface area (Å²) < 4.78 is 30.4. The molecule has 1 amide bonds. The van der Waals surface area contributed by atoms with E-state index in [1.165, 1.54) is 103 Å². The second kappa shape index (κ2) is 43.1. The van der Waals surface area contributed by atoms with Crippen molar-refractivity contribution in [2.45, 2.75) is 245 Å². The van der Waals surface area contributed by atoms with Gasteiger partial charge in [0.2, 0.25) is 5.91 Å². The third kappa shape index (κ3) is 43.5. The second-order valence-corrected chi connectivity index (χ2v) is 20.1. The Kier molecular flexibility index (Phi) is 41.9. The number of nitrogens with one attached hydrogen (secondary N) is 1. The average molecular weight is 896 g/mol. The molecule has 0 heterocycles. The highest BCUT2D eigenvalue weighted by atomic mass is 31.2. The molecule has 364 valence electrons. The minimum absolute atomic E-state index is 0.0371. The van der Waals surface area contributed by atoms with Crippen LogP contribution < -0.4 is 5.32 Å². The Morgan fingerprint density at radius 2 is 0.952 bits per heavy atom. The molecule has 0 aromatic rings. The number of hydrogen-bond donors (Lipinski definition) is 2. The van der Waals surface area contributed by atoms with Crippen LogP contribution >= 0.6 is 7.82 Å². The van der Waals surface area contributed by atoms with Gasteiger partial charge in [-0.25, -0.2) is 4.57 Å². The van der Waals surface area contributed by atoms with Crippen LogP contribution in [0.25, 0.3) is 0 Å². The number of phosphoric acid groups is 1. The molecule has 0 aromatic carbocycles. The van der Waals surface area contributed by atoms with E-state index in [0.717, 1.165) is 96.3 Å². The summed E-state index contributed by atoms with van der Waals surface area (Å²) in [5, 5.41) is 3.02. The van der Waals surface area contributed by atoms with Gasteiger partial charge < -0.3 is 19.4 Å². The maximum atomic E-state index is 13.4. The molecular weight excluding hydrogens is 796 g/mol. The lowest BCUT2D eigenvalue weighted by Gasteiger charge is -2.27. The van der Waals surface area contributed by atoms with Gasteiger partial charge in [0.05, 0.1) is 33.8 Å². The number of quaternary nitrogens is 1. The number of likely N-dealkylation sites (N-methyl/N-ethyl adjacent to an activating group) is 1. The molecule has 0 aromatic heterocycles. The number of carbonyl (C=O) groups is 2. The Balaban J connectivity index is 5.48. The highest BCUT2D eigenvalue weighted by molar-refractivity contribution is 7.47. The van der Waals surface area contributed by atoms with E-state index in [1.54, 1.807) is 0 Å². The van der Waals surface area contributed by atoms with E-state index in [4.69, 9.17) is 13.8 Å². The van der Waals surface area contributed by atoms with E-state index < -0.39 is 20.0 Å². The van der Waals surface area contributed by atoms with Gasteiger partial charge in [-0.1, -0.05) is 180 Å². The normalized spacial score (nSPS) is 14.2. The highest BCUT2D eigenvalue weighted by Gasteiger charge is 2.30. The molecule has 2 N–H and O–H groups in total. The smallest absolute Gasteiger partial charge is 0.456 e. The number of allylic oxidation sites excluding steroid dienone is 5. The Hall–Kier alpha value is -1.77. The number of nitrogens with zero attached hydrogens (tertiary/aromatic N) is 1. The fraction of sp³-hybridized carbons (Fsp3) is 0.846. The van der Waals surface area contributed by atoms with Crippen LogP contribution in [0.4, 0.5) is 0 Å². The van der Waals surface area contributed by atoms with Crippen LogP contribution in [-0.4, -0.2) is 74.3 Å².